The Hall–Kier alpha value is -0.378. The van der Waals surface area contributed by atoms with E-state index in [1.54, 1.807) is 21.1 Å². The third-order valence-corrected chi connectivity index (χ3v) is 3.04. The third-order valence-electron chi connectivity index (χ3n) is 1.76. The third kappa shape index (κ3) is 7.86. The molecular formula is C10H19AlO5. The van der Waals surface area contributed by atoms with Gasteiger partial charge in [-0.2, -0.15) is 0 Å². The highest BCUT2D eigenvalue weighted by atomic mass is 27.3. The van der Waals surface area contributed by atoms with Crippen LogP contribution in [0.3, 0.4) is 0 Å². The topological polar surface area (TPSA) is 54.0 Å². The van der Waals surface area contributed by atoms with E-state index < -0.39 is 15.1 Å². The first-order valence-electron chi connectivity index (χ1n) is 5.11. The first-order valence-corrected chi connectivity index (χ1v) is 6.53. The molecule has 0 spiro atoms. The second-order valence-electron chi connectivity index (χ2n) is 3.25. The van der Waals surface area contributed by atoms with E-state index >= 15 is 0 Å². The van der Waals surface area contributed by atoms with Crippen molar-refractivity contribution in [3.63, 3.8) is 0 Å². The van der Waals surface area contributed by atoms with Gasteiger partial charge in [0.2, 0.25) is 0 Å². The van der Waals surface area contributed by atoms with E-state index in [1.807, 2.05) is 0 Å². The van der Waals surface area contributed by atoms with Gasteiger partial charge in [0.05, 0.1) is 6.61 Å². The van der Waals surface area contributed by atoms with Crippen molar-refractivity contribution in [1.29, 1.82) is 0 Å². The molecule has 0 saturated carbocycles. The zero-order chi connectivity index (χ0) is 12.4. The van der Waals surface area contributed by atoms with Gasteiger partial charge in [-0.1, -0.05) is 6.58 Å². The lowest BCUT2D eigenvalue weighted by Crippen LogP contribution is -2.24. The summed E-state index contributed by atoms with van der Waals surface area (Å²) in [6.45, 7) is 6.06. The predicted octanol–water partition coefficient (Wildman–Crippen LogP) is 1.18. The van der Waals surface area contributed by atoms with Crippen LogP contribution in [0.4, 0.5) is 0 Å². The molecule has 0 aromatic carbocycles. The van der Waals surface area contributed by atoms with Crippen molar-refractivity contribution >= 4 is 21.1 Å². The fraction of sp³-hybridized carbons (Fsp3) is 0.700. The minimum absolute atomic E-state index is 0.345. The fourth-order valence-electron chi connectivity index (χ4n) is 0.904. The van der Waals surface area contributed by atoms with Gasteiger partial charge < -0.3 is 16.1 Å². The van der Waals surface area contributed by atoms with Crippen molar-refractivity contribution in [2.75, 3.05) is 27.4 Å². The number of rotatable bonds is 9. The molecule has 0 saturated heterocycles. The first-order chi connectivity index (χ1) is 7.61. The Morgan fingerprint density at radius 3 is 2.25 bits per heavy atom. The molecule has 5 nitrogen and oxygen atoms in total. The molecule has 0 N–H and O–H groups in total. The van der Waals surface area contributed by atoms with Gasteiger partial charge in [0, 0.05) is 26.4 Å². The van der Waals surface area contributed by atoms with E-state index in [0.717, 1.165) is 12.8 Å². The number of carbonyl (C=O) groups excluding carboxylic acids is 1. The largest absolute Gasteiger partial charge is 0.905 e. The molecule has 0 amide bonds. The van der Waals surface area contributed by atoms with Crippen LogP contribution in [0, 0.1) is 0 Å². The smallest absolute Gasteiger partial charge is 0.462 e. The van der Waals surface area contributed by atoms with E-state index in [9.17, 15) is 4.79 Å². The molecule has 0 heterocycles. The van der Waals surface area contributed by atoms with Gasteiger partial charge in [-0.05, 0) is 19.8 Å². The van der Waals surface area contributed by atoms with Crippen LogP contribution in [-0.4, -0.2) is 48.6 Å². The maximum Gasteiger partial charge on any atom is 0.905 e. The molecule has 0 aliphatic heterocycles. The van der Waals surface area contributed by atoms with E-state index in [2.05, 4.69) is 6.58 Å². The molecule has 92 valence electrons. The van der Waals surface area contributed by atoms with E-state index in [1.165, 1.54) is 0 Å². The Bertz CT molecular complexity index is 215. The summed E-state index contributed by atoms with van der Waals surface area (Å²) in [4.78, 5) is 11.0. The monoisotopic (exact) mass is 246 g/mol. The van der Waals surface area contributed by atoms with Crippen molar-refractivity contribution in [3.8, 4) is 0 Å². The first kappa shape index (κ1) is 15.6. The predicted molar refractivity (Wildman–Crippen MR) is 60.7 cm³/mol. The molecule has 0 rings (SSSR count). The lowest BCUT2D eigenvalue weighted by atomic mass is 10.3. The fourth-order valence-corrected chi connectivity index (χ4v) is 1.73. The summed E-state index contributed by atoms with van der Waals surface area (Å²) in [6.07, 6.45) is 1.56. The van der Waals surface area contributed by atoms with Crippen LogP contribution in [0.1, 0.15) is 19.8 Å². The second kappa shape index (κ2) is 9.82. The molecule has 0 atom stereocenters. The second-order valence-corrected chi connectivity index (χ2v) is 5.11. The van der Waals surface area contributed by atoms with Crippen LogP contribution in [0.2, 0.25) is 0 Å². The molecule has 16 heavy (non-hydrogen) atoms. The van der Waals surface area contributed by atoms with Gasteiger partial charge in [-0.25, -0.2) is 4.79 Å². The average Bonchev–Trinajstić information content (AvgIpc) is 2.27. The van der Waals surface area contributed by atoms with Gasteiger partial charge >= 0.3 is 21.1 Å². The number of hydrogen-bond acceptors (Lipinski definition) is 5. The molecule has 0 aromatic heterocycles. The minimum atomic E-state index is -1.90. The van der Waals surface area contributed by atoms with Crippen LogP contribution < -0.4 is 0 Å². The van der Waals surface area contributed by atoms with Crippen molar-refractivity contribution in [2.45, 2.75) is 19.8 Å². The van der Waals surface area contributed by atoms with Crippen molar-refractivity contribution in [1.82, 2.24) is 0 Å². The molecule has 0 bridgehead atoms. The average molecular weight is 246 g/mol. The van der Waals surface area contributed by atoms with E-state index in [4.69, 9.17) is 16.1 Å². The zero-order valence-corrected chi connectivity index (χ0v) is 11.3. The summed E-state index contributed by atoms with van der Waals surface area (Å²) < 4.78 is 20.2. The SMILES string of the molecule is C=C(C)C(=O)OCCCC[O][Al]([O]C)[O]C. The lowest BCUT2D eigenvalue weighted by Gasteiger charge is -2.08. The van der Waals surface area contributed by atoms with Gasteiger partial charge in [0.25, 0.3) is 0 Å². The minimum Gasteiger partial charge on any atom is -0.462 e. The van der Waals surface area contributed by atoms with Crippen LogP contribution in [-0.2, 0) is 20.9 Å². The molecule has 0 aromatic rings. The van der Waals surface area contributed by atoms with Crippen LogP contribution in [0.25, 0.3) is 0 Å². The maximum atomic E-state index is 11.0. The lowest BCUT2D eigenvalue weighted by molar-refractivity contribution is -0.139. The molecule has 0 radical (unpaired) electrons. The Labute approximate surface area is 102 Å². The highest BCUT2D eigenvalue weighted by Gasteiger charge is 2.26. The standard InChI is InChI=1S/C8H13O3.2CH3O.Al/c1-7(2)8(10)11-6-4-3-5-9;2*1-2;/h1,3-6H2,2H3;2*1H3;/q3*-1;+3. The van der Waals surface area contributed by atoms with Gasteiger partial charge in [-0.3, -0.25) is 0 Å². The van der Waals surface area contributed by atoms with Crippen LogP contribution in [0.15, 0.2) is 12.2 Å². The van der Waals surface area contributed by atoms with Crippen molar-refractivity contribution in [3.05, 3.63) is 12.2 Å². The molecule has 0 aliphatic rings. The summed E-state index contributed by atoms with van der Waals surface area (Å²) in [6, 6.07) is 0. The van der Waals surface area contributed by atoms with Crippen molar-refractivity contribution < 1.29 is 20.9 Å². The quantitative estimate of drug-likeness (QED) is 0.265. The molecule has 0 unspecified atom stereocenters. The summed E-state index contributed by atoms with van der Waals surface area (Å²) in [7, 11) is 3.13. The Kier molecular flexibility index (Phi) is 9.59. The number of ether oxygens (including phenoxy) is 1. The summed E-state index contributed by atoms with van der Waals surface area (Å²) in [5.41, 5.74) is 0.419. The van der Waals surface area contributed by atoms with Gasteiger partial charge in [0.15, 0.2) is 0 Å². The van der Waals surface area contributed by atoms with Crippen LogP contribution in [0.5, 0.6) is 0 Å². The number of unbranched alkanes of at least 4 members (excludes halogenated alkanes) is 1. The highest BCUT2D eigenvalue weighted by Crippen LogP contribution is 1.97. The summed E-state index contributed by atoms with van der Waals surface area (Å²) in [5.74, 6) is -0.345. The normalized spacial score (nSPS) is 9.94. The Morgan fingerprint density at radius 1 is 1.19 bits per heavy atom. The molecule has 0 aliphatic carbocycles. The molecule has 6 heteroatoms. The van der Waals surface area contributed by atoms with Gasteiger partial charge in [-0.15, -0.1) is 0 Å². The Balaban J connectivity index is 3.34. The maximum absolute atomic E-state index is 11.0. The molecule has 0 fully saturated rings. The zero-order valence-electron chi connectivity index (χ0n) is 10.2. The number of hydrogen-bond donors (Lipinski definition) is 0. The highest BCUT2D eigenvalue weighted by molar-refractivity contribution is 6.36. The summed E-state index contributed by atoms with van der Waals surface area (Å²) in [5, 5.41) is 0. The van der Waals surface area contributed by atoms with E-state index in [-0.39, 0.29) is 5.97 Å². The van der Waals surface area contributed by atoms with Crippen LogP contribution >= 0.6 is 0 Å². The number of carbonyl (C=O) groups is 1. The van der Waals surface area contributed by atoms with Gasteiger partial charge in [0.1, 0.15) is 0 Å². The summed E-state index contributed by atoms with van der Waals surface area (Å²) >= 11 is -1.90. The van der Waals surface area contributed by atoms with Crippen molar-refractivity contribution in [2.24, 2.45) is 0 Å². The van der Waals surface area contributed by atoms with E-state index in [0.29, 0.717) is 18.8 Å². The molecular weight excluding hydrogens is 227 g/mol. The Morgan fingerprint density at radius 2 is 1.75 bits per heavy atom. The number of esters is 1.